The molecule has 0 aromatic carbocycles. The first kappa shape index (κ1) is 16.2. The van der Waals surface area contributed by atoms with E-state index >= 15 is 0 Å². The molecule has 1 aliphatic rings. The lowest BCUT2D eigenvalue weighted by molar-refractivity contribution is -0.140. The van der Waals surface area contributed by atoms with E-state index in [4.69, 9.17) is 10.5 Å². The number of nitrogens with two attached hydrogens (primary N) is 1. The first-order chi connectivity index (χ1) is 10.5. The van der Waals surface area contributed by atoms with Gasteiger partial charge >= 0.3 is 0 Å². The Bertz CT molecular complexity index is 521. The van der Waals surface area contributed by atoms with Crippen LogP contribution in [0.1, 0.15) is 20.3 Å². The van der Waals surface area contributed by atoms with Crippen LogP contribution in [0.5, 0.6) is 5.75 Å². The molecule has 0 spiro atoms. The molecule has 1 aliphatic heterocycles. The molecule has 7 nitrogen and oxygen atoms in total. The summed E-state index contributed by atoms with van der Waals surface area (Å²) in [6.07, 6.45) is 3.63. The summed E-state index contributed by atoms with van der Waals surface area (Å²) in [5.41, 5.74) is 5.90. The van der Waals surface area contributed by atoms with Crippen molar-refractivity contribution in [1.29, 1.82) is 0 Å². The summed E-state index contributed by atoms with van der Waals surface area (Å²) in [4.78, 5) is 29.9. The van der Waals surface area contributed by atoms with Crippen molar-refractivity contribution in [2.24, 2.45) is 5.73 Å². The van der Waals surface area contributed by atoms with Crippen molar-refractivity contribution >= 4 is 11.8 Å². The summed E-state index contributed by atoms with van der Waals surface area (Å²) in [6.45, 7) is 3.99. The van der Waals surface area contributed by atoms with Crippen molar-refractivity contribution in [2.45, 2.75) is 38.4 Å². The first-order valence-electron chi connectivity index (χ1n) is 7.35. The Morgan fingerprint density at radius 1 is 1.55 bits per heavy atom. The number of hydrogen-bond donors (Lipinski definition) is 2. The highest BCUT2D eigenvalue weighted by atomic mass is 16.5. The number of pyridine rings is 1. The molecule has 2 heterocycles. The topological polar surface area (TPSA) is 97.6 Å². The third-order valence-electron chi connectivity index (χ3n) is 3.38. The summed E-state index contributed by atoms with van der Waals surface area (Å²) in [7, 11) is 0. The fourth-order valence-corrected chi connectivity index (χ4v) is 2.43. The van der Waals surface area contributed by atoms with E-state index in [2.05, 4.69) is 10.3 Å². The van der Waals surface area contributed by atoms with E-state index in [0.29, 0.717) is 18.7 Å². The van der Waals surface area contributed by atoms with E-state index in [1.54, 1.807) is 18.3 Å². The van der Waals surface area contributed by atoms with E-state index in [1.807, 2.05) is 13.8 Å². The van der Waals surface area contributed by atoms with Crippen LogP contribution in [0.2, 0.25) is 0 Å². The Morgan fingerprint density at radius 3 is 2.95 bits per heavy atom. The highest BCUT2D eigenvalue weighted by molar-refractivity contribution is 5.89. The van der Waals surface area contributed by atoms with Crippen LogP contribution >= 0.6 is 0 Å². The minimum Gasteiger partial charge on any atom is -0.482 e. The van der Waals surface area contributed by atoms with Crippen LogP contribution in [-0.2, 0) is 9.59 Å². The molecule has 120 valence electrons. The molecule has 0 saturated carbocycles. The molecule has 1 saturated heterocycles. The monoisotopic (exact) mass is 306 g/mol. The first-order valence-corrected chi connectivity index (χ1v) is 7.35. The summed E-state index contributed by atoms with van der Waals surface area (Å²) in [6, 6.07) is 2.75. The second-order valence-corrected chi connectivity index (χ2v) is 5.70. The fraction of sp³-hybridized carbons (Fsp3) is 0.533. The summed E-state index contributed by atoms with van der Waals surface area (Å²) >= 11 is 0. The van der Waals surface area contributed by atoms with Gasteiger partial charge in [-0.3, -0.25) is 14.6 Å². The Labute approximate surface area is 129 Å². The molecule has 0 bridgehead atoms. The minimum atomic E-state index is -0.526. The molecule has 2 atom stereocenters. The van der Waals surface area contributed by atoms with Gasteiger partial charge in [0, 0.05) is 24.8 Å². The molecule has 0 unspecified atom stereocenters. The Morgan fingerprint density at radius 2 is 2.32 bits per heavy atom. The van der Waals surface area contributed by atoms with Gasteiger partial charge < -0.3 is 20.7 Å². The average Bonchev–Trinajstić information content (AvgIpc) is 2.87. The van der Waals surface area contributed by atoms with Crippen LogP contribution in [0.4, 0.5) is 0 Å². The van der Waals surface area contributed by atoms with E-state index in [0.717, 1.165) is 0 Å². The van der Waals surface area contributed by atoms with Gasteiger partial charge in [0.1, 0.15) is 11.8 Å². The molecule has 7 heteroatoms. The van der Waals surface area contributed by atoms with E-state index in [-0.39, 0.29) is 30.5 Å². The molecule has 22 heavy (non-hydrogen) atoms. The average molecular weight is 306 g/mol. The second-order valence-electron chi connectivity index (χ2n) is 5.70. The number of ether oxygens (including phenoxy) is 1. The van der Waals surface area contributed by atoms with Gasteiger partial charge in [0.05, 0.1) is 6.20 Å². The maximum Gasteiger partial charge on any atom is 0.261 e. The molecular formula is C15H22N4O3. The third-order valence-corrected chi connectivity index (χ3v) is 3.38. The predicted molar refractivity (Wildman–Crippen MR) is 81.1 cm³/mol. The Balaban J connectivity index is 1.95. The van der Waals surface area contributed by atoms with Gasteiger partial charge in [-0.25, -0.2) is 0 Å². The van der Waals surface area contributed by atoms with Crippen LogP contribution in [0.15, 0.2) is 24.5 Å². The SMILES string of the molecule is CC(C)NC(=O)[C@@H]1C[C@H](N)CN1C(=O)COc1cccnc1. The number of rotatable bonds is 5. The number of carbonyl (C=O) groups is 2. The van der Waals surface area contributed by atoms with Gasteiger partial charge in [-0.1, -0.05) is 0 Å². The number of nitrogens with one attached hydrogen (secondary N) is 1. The highest BCUT2D eigenvalue weighted by Crippen LogP contribution is 2.18. The van der Waals surface area contributed by atoms with Crippen molar-refractivity contribution in [3.8, 4) is 5.75 Å². The zero-order chi connectivity index (χ0) is 16.1. The normalized spacial score (nSPS) is 21.0. The largest absolute Gasteiger partial charge is 0.482 e. The molecule has 1 aromatic rings. The summed E-state index contributed by atoms with van der Waals surface area (Å²) < 4.78 is 5.40. The Kier molecular flexibility index (Phi) is 5.32. The van der Waals surface area contributed by atoms with Gasteiger partial charge in [-0.2, -0.15) is 0 Å². The fourth-order valence-electron chi connectivity index (χ4n) is 2.43. The molecule has 2 rings (SSSR count). The van der Waals surface area contributed by atoms with E-state index < -0.39 is 6.04 Å². The van der Waals surface area contributed by atoms with Crippen LogP contribution in [0, 0.1) is 0 Å². The molecule has 1 aromatic heterocycles. The van der Waals surface area contributed by atoms with Crippen molar-refractivity contribution in [3.05, 3.63) is 24.5 Å². The molecular weight excluding hydrogens is 284 g/mol. The molecule has 0 aliphatic carbocycles. The zero-order valence-electron chi connectivity index (χ0n) is 12.9. The van der Waals surface area contributed by atoms with Gasteiger partial charge in [0.2, 0.25) is 5.91 Å². The zero-order valence-corrected chi connectivity index (χ0v) is 12.9. The maximum atomic E-state index is 12.3. The number of amides is 2. The van der Waals surface area contributed by atoms with E-state index in [9.17, 15) is 9.59 Å². The maximum absolute atomic E-state index is 12.3. The number of nitrogens with zero attached hydrogens (tertiary/aromatic N) is 2. The van der Waals surface area contributed by atoms with Gasteiger partial charge in [0.15, 0.2) is 6.61 Å². The highest BCUT2D eigenvalue weighted by Gasteiger charge is 2.38. The molecule has 2 amide bonds. The molecule has 3 N–H and O–H groups in total. The number of carbonyl (C=O) groups excluding carboxylic acids is 2. The number of hydrogen-bond acceptors (Lipinski definition) is 5. The van der Waals surface area contributed by atoms with Crippen molar-refractivity contribution in [2.75, 3.05) is 13.2 Å². The van der Waals surface area contributed by atoms with Crippen molar-refractivity contribution in [1.82, 2.24) is 15.2 Å². The van der Waals surface area contributed by atoms with Gasteiger partial charge in [0.25, 0.3) is 5.91 Å². The summed E-state index contributed by atoms with van der Waals surface area (Å²) in [5, 5.41) is 2.82. The summed E-state index contributed by atoms with van der Waals surface area (Å²) in [5.74, 6) is 0.0981. The van der Waals surface area contributed by atoms with Crippen molar-refractivity contribution in [3.63, 3.8) is 0 Å². The smallest absolute Gasteiger partial charge is 0.261 e. The lowest BCUT2D eigenvalue weighted by Crippen LogP contribution is -2.48. The standard InChI is InChI=1S/C15H22N4O3/c1-10(2)18-15(21)13-6-11(16)8-19(13)14(20)9-22-12-4-3-5-17-7-12/h3-5,7,10-11,13H,6,8-9,16H2,1-2H3,(H,18,21)/t11-,13-/m0/s1. The number of likely N-dealkylation sites (tertiary alicyclic amines) is 1. The predicted octanol–water partition coefficient (Wildman–Crippen LogP) is -0.0868. The lowest BCUT2D eigenvalue weighted by atomic mass is 10.1. The van der Waals surface area contributed by atoms with Crippen LogP contribution in [0.25, 0.3) is 0 Å². The number of aromatic nitrogens is 1. The lowest BCUT2D eigenvalue weighted by Gasteiger charge is -2.24. The molecule has 1 fully saturated rings. The van der Waals surface area contributed by atoms with Crippen molar-refractivity contribution < 1.29 is 14.3 Å². The van der Waals surface area contributed by atoms with Crippen LogP contribution < -0.4 is 15.8 Å². The van der Waals surface area contributed by atoms with E-state index in [1.165, 1.54) is 11.1 Å². The Hall–Kier alpha value is -2.15. The quantitative estimate of drug-likeness (QED) is 0.792. The molecule has 0 radical (unpaired) electrons. The minimum absolute atomic E-state index is 0.0212. The van der Waals surface area contributed by atoms with Crippen LogP contribution in [-0.4, -0.2) is 53.0 Å². The second kappa shape index (κ2) is 7.22. The third kappa shape index (κ3) is 4.17. The van der Waals surface area contributed by atoms with Crippen LogP contribution in [0.3, 0.4) is 0 Å². The van der Waals surface area contributed by atoms with Gasteiger partial charge in [-0.05, 0) is 32.4 Å². The van der Waals surface area contributed by atoms with Gasteiger partial charge in [-0.15, -0.1) is 0 Å².